The first kappa shape index (κ1) is 48.7. The predicted octanol–water partition coefficient (Wildman–Crippen LogP) is 11.1. The summed E-state index contributed by atoms with van der Waals surface area (Å²) in [7, 11) is -5.76. The molecule has 6 nitrogen and oxygen atoms in total. The van der Waals surface area contributed by atoms with Crippen LogP contribution in [0.3, 0.4) is 0 Å². The highest BCUT2D eigenvalue weighted by Gasteiger charge is 2.43. The second-order valence-electron chi connectivity index (χ2n) is 21.0. The van der Waals surface area contributed by atoms with Gasteiger partial charge in [0.15, 0.2) is 22.0 Å². The zero-order valence-corrected chi connectivity index (χ0v) is 47.1. The van der Waals surface area contributed by atoms with Gasteiger partial charge in [-0.3, -0.25) is 14.1 Å². The largest absolute Gasteiger partial charge is 0.278 e. The SMILES string of the molecule is Cc1nc(C)c(-c2nc(-n3c4ccccc4c4cc([Si](c5ccccc5)(c5ccccc5)c5ccccc5)ccc43)nc(-n3c4ccccc4c4cc([Si](c5ccccc5)(c5ccccc5)c5ccccc5)ccc43)n2)c(C)c1C. The van der Waals surface area contributed by atoms with Gasteiger partial charge in [-0.1, -0.05) is 243 Å². The van der Waals surface area contributed by atoms with Crippen molar-refractivity contribution in [3.63, 3.8) is 0 Å². The second-order valence-corrected chi connectivity index (χ2v) is 28.7. The maximum Gasteiger partial charge on any atom is 0.240 e. The van der Waals surface area contributed by atoms with Gasteiger partial charge in [0.2, 0.25) is 11.9 Å². The number of benzene rings is 10. The minimum Gasteiger partial charge on any atom is -0.278 e. The van der Waals surface area contributed by atoms with E-state index in [0.717, 1.165) is 71.7 Å². The van der Waals surface area contributed by atoms with Crippen LogP contribution in [0, 0.1) is 27.7 Å². The van der Waals surface area contributed by atoms with Crippen LogP contribution in [0.5, 0.6) is 0 Å². The average molecular weight is 1060 g/mol. The fraction of sp³-hybridized carbons (Fsp3) is 0.0556. The minimum atomic E-state index is -2.88. The molecule has 10 aromatic carbocycles. The van der Waals surface area contributed by atoms with Gasteiger partial charge in [-0.2, -0.15) is 15.0 Å². The van der Waals surface area contributed by atoms with E-state index in [4.69, 9.17) is 19.9 Å². The van der Waals surface area contributed by atoms with Crippen LogP contribution < -0.4 is 41.5 Å². The zero-order chi connectivity index (χ0) is 54.0. The Morgan fingerprint density at radius 3 is 0.925 bits per heavy atom. The molecule has 0 N–H and O–H groups in total. The van der Waals surface area contributed by atoms with Gasteiger partial charge in [0.1, 0.15) is 0 Å². The van der Waals surface area contributed by atoms with Gasteiger partial charge in [-0.05, 0) is 105 Å². The standard InChI is InChI=1S/C72H56N6Si2/c1-49-50(2)69(52(4)73-51(49)3)70-74-71(77-65-41-25-23-39-61(65)63-47-59(43-45-67(63)77)79(53-27-11-5-12-28-53,54-29-13-6-14-30-54)55-31-15-7-16-32-55)76-72(75-70)78-66-42-26-24-40-62(66)64-48-60(44-46-68(64)78)80(56-33-17-8-18-34-56,57-35-19-9-20-36-57)58-37-21-10-22-38-58/h5-48H,1-4H3. The number of fused-ring (bicyclic) bond motifs is 6. The highest BCUT2D eigenvalue weighted by molar-refractivity contribution is 7.20. The summed E-state index contributed by atoms with van der Waals surface area (Å²) in [4.78, 5) is 21.9. The number of para-hydroxylation sites is 2. The second kappa shape index (κ2) is 19.7. The molecule has 0 fully saturated rings. The Hall–Kier alpha value is -9.61. The highest BCUT2D eigenvalue weighted by atomic mass is 28.3. The van der Waals surface area contributed by atoms with Crippen LogP contribution >= 0.6 is 0 Å². The molecule has 0 aliphatic carbocycles. The number of pyridine rings is 1. The van der Waals surface area contributed by atoms with Crippen molar-refractivity contribution in [3.05, 3.63) is 289 Å². The summed E-state index contributed by atoms with van der Waals surface area (Å²) in [5.74, 6) is 1.64. The van der Waals surface area contributed by atoms with Crippen molar-refractivity contribution in [2.24, 2.45) is 0 Å². The molecule has 0 spiro atoms. The molecule has 14 aromatic rings. The van der Waals surface area contributed by atoms with E-state index in [1.165, 1.54) is 41.5 Å². The monoisotopic (exact) mass is 1060 g/mol. The van der Waals surface area contributed by atoms with Crippen LogP contribution in [0.1, 0.15) is 22.5 Å². The third-order valence-electron chi connectivity index (χ3n) is 16.9. The summed E-state index contributed by atoms with van der Waals surface area (Å²) < 4.78 is 4.51. The number of aromatic nitrogens is 6. The Kier molecular flexibility index (Phi) is 12.0. The van der Waals surface area contributed by atoms with Crippen LogP contribution in [0.15, 0.2) is 267 Å². The van der Waals surface area contributed by atoms with E-state index in [2.05, 4.69) is 304 Å². The normalized spacial score (nSPS) is 12.0. The Morgan fingerprint density at radius 1 is 0.263 bits per heavy atom. The fourth-order valence-corrected chi connectivity index (χ4v) is 22.6. The maximum atomic E-state index is 5.67. The summed E-state index contributed by atoms with van der Waals surface area (Å²) in [5, 5.41) is 15.1. The first-order valence-corrected chi connectivity index (χ1v) is 31.5. The van der Waals surface area contributed by atoms with Crippen molar-refractivity contribution in [1.29, 1.82) is 0 Å². The summed E-state index contributed by atoms with van der Waals surface area (Å²) >= 11 is 0. The van der Waals surface area contributed by atoms with Crippen molar-refractivity contribution in [3.8, 4) is 23.3 Å². The molecule has 14 rings (SSSR count). The van der Waals surface area contributed by atoms with Crippen LogP contribution in [0.2, 0.25) is 0 Å². The lowest BCUT2D eigenvalue weighted by atomic mass is 10.0. The van der Waals surface area contributed by atoms with E-state index in [1.807, 2.05) is 0 Å². The molecule has 0 atom stereocenters. The number of nitrogens with zero attached hydrogens (tertiary/aromatic N) is 6. The van der Waals surface area contributed by atoms with Crippen LogP contribution in [-0.4, -0.2) is 45.2 Å². The molecule has 0 radical (unpaired) electrons. The van der Waals surface area contributed by atoms with Gasteiger partial charge in [0, 0.05) is 38.5 Å². The third kappa shape index (κ3) is 7.58. The highest BCUT2D eigenvalue weighted by Crippen LogP contribution is 2.36. The van der Waals surface area contributed by atoms with Crippen LogP contribution in [0.4, 0.5) is 0 Å². The van der Waals surface area contributed by atoms with Gasteiger partial charge >= 0.3 is 0 Å². The smallest absolute Gasteiger partial charge is 0.240 e. The van der Waals surface area contributed by atoms with Crippen molar-refractivity contribution in [2.75, 3.05) is 0 Å². The molecular formula is C72H56N6Si2. The first-order chi connectivity index (χ1) is 39.3. The lowest BCUT2D eigenvalue weighted by Gasteiger charge is -2.34. The summed E-state index contributed by atoms with van der Waals surface area (Å²) in [6.45, 7) is 8.47. The Labute approximate surface area is 468 Å². The minimum absolute atomic E-state index is 0.532. The Balaban J connectivity index is 1.05. The summed E-state index contributed by atoms with van der Waals surface area (Å²) in [6.07, 6.45) is 0. The molecule has 382 valence electrons. The summed E-state index contributed by atoms with van der Waals surface area (Å²) in [6, 6.07) is 98.5. The lowest BCUT2D eigenvalue weighted by Crippen LogP contribution is -2.74. The molecule has 0 aliphatic rings. The topological polar surface area (TPSA) is 61.4 Å². The molecule has 4 heterocycles. The molecular weight excluding hydrogens is 1010 g/mol. The molecule has 0 unspecified atom stereocenters. The number of hydrogen-bond donors (Lipinski definition) is 0. The Morgan fingerprint density at radius 2 is 0.575 bits per heavy atom. The van der Waals surface area contributed by atoms with E-state index >= 15 is 0 Å². The number of hydrogen-bond acceptors (Lipinski definition) is 4. The quantitative estimate of drug-likeness (QED) is 0.0957. The molecule has 0 aliphatic heterocycles. The van der Waals surface area contributed by atoms with Crippen LogP contribution in [0.25, 0.3) is 66.9 Å². The molecule has 0 bridgehead atoms. The van der Waals surface area contributed by atoms with Crippen LogP contribution in [-0.2, 0) is 0 Å². The van der Waals surface area contributed by atoms with Gasteiger partial charge in [-0.15, -0.1) is 0 Å². The van der Waals surface area contributed by atoms with Gasteiger partial charge in [-0.25, -0.2) is 0 Å². The zero-order valence-electron chi connectivity index (χ0n) is 45.1. The first-order valence-electron chi connectivity index (χ1n) is 27.5. The van der Waals surface area contributed by atoms with E-state index in [-0.39, 0.29) is 0 Å². The van der Waals surface area contributed by atoms with Gasteiger partial charge in [0.25, 0.3) is 0 Å². The van der Waals surface area contributed by atoms with E-state index in [1.54, 1.807) is 0 Å². The van der Waals surface area contributed by atoms with E-state index < -0.39 is 16.1 Å². The van der Waals surface area contributed by atoms with E-state index in [0.29, 0.717) is 17.7 Å². The molecule has 0 saturated carbocycles. The number of aryl methyl sites for hydroxylation is 2. The van der Waals surface area contributed by atoms with Crippen molar-refractivity contribution < 1.29 is 0 Å². The van der Waals surface area contributed by atoms with Crippen molar-refractivity contribution >= 4 is 101 Å². The molecule has 0 saturated heterocycles. The van der Waals surface area contributed by atoms with E-state index in [9.17, 15) is 0 Å². The molecule has 80 heavy (non-hydrogen) atoms. The lowest BCUT2D eigenvalue weighted by molar-refractivity contribution is 0.888. The van der Waals surface area contributed by atoms with Gasteiger partial charge in [0.05, 0.1) is 22.1 Å². The Bertz CT molecular complexity index is 4170. The molecule has 4 aromatic heterocycles. The fourth-order valence-electron chi connectivity index (χ4n) is 13.1. The average Bonchev–Trinajstić information content (AvgIpc) is 4.09. The van der Waals surface area contributed by atoms with Gasteiger partial charge < -0.3 is 0 Å². The molecule has 0 amide bonds. The number of rotatable bonds is 11. The van der Waals surface area contributed by atoms with Crippen molar-refractivity contribution in [1.82, 2.24) is 29.1 Å². The predicted molar refractivity (Wildman–Crippen MR) is 338 cm³/mol. The molecule has 8 heteroatoms. The summed E-state index contributed by atoms with van der Waals surface area (Å²) in [5.41, 5.74) is 9.05. The maximum absolute atomic E-state index is 5.67. The third-order valence-corrected chi connectivity index (χ3v) is 26.4. The van der Waals surface area contributed by atoms with Crippen molar-refractivity contribution in [2.45, 2.75) is 27.7 Å².